The molecule has 0 aliphatic heterocycles. The van der Waals surface area contributed by atoms with E-state index in [-0.39, 0.29) is 18.4 Å². The summed E-state index contributed by atoms with van der Waals surface area (Å²) in [5, 5.41) is 2.92. The predicted octanol–water partition coefficient (Wildman–Crippen LogP) is 2.57. The van der Waals surface area contributed by atoms with E-state index in [1.54, 1.807) is 20.2 Å². The molecule has 0 bridgehead atoms. The van der Waals surface area contributed by atoms with E-state index in [9.17, 15) is 9.69 Å². The summed E-state index contributed by atoms with van der Waals surface area (Å²) in [5.41, 5.74) is 5.98. The maximum atomic E-state index is 12.3. The Kier molecular flexibility index (Phi) is 9.36. The van der Waals surface area contributed by atoms with E-state index in [0.717, 1.165) is 25.7 Å². The van der Waals surface area contributed by atoms with Gasteiger partial charge in [0.25, 0.3) is 0 Å². The zero-order valence-corrected chi connectivity index (χ0v) is 19.1. The number of nitrogens with one attached hydrogen (secondary N) is 1. The molecule has 0 aromatic carbocycles. The number of aromatic nitrogens is 4. The number of nitrogens with zero attached hydrogens (tertiary/aromatic N) is 4. The molecule has 0 spiro atoms. The minimum atomic E-state index is -1.70. The highest BCUT2D eigenvalue weighted by Crippen LogP contribution is 2.29. The number of rotatable bonds is 13. The Bertz CT molecular complexity index is 815. The van der Waals surface area contributed by atoms with E-state index in [0.29, 0.717) is 30.1 Å². The van der Waals surface area contributed by atoms with Gasteiger partial charge in [-0.3, -0.25) is 9.88 Å². The normalized spacial score (nSPS) is 14.0. The van der Waals surface area contributed by atoms with Gasteiger partial charge in [0.15, 0.2) is 11.5 Å². The third-order valence-corrected chi connectivity index (χ3v) is 5.73. The molecule has 0 fully saturated rings. The molecule has 30 heavy (non-hydrogen) atoms. The molecule has 2 atom stereocenters. The molecule has 10 nitrogen and oxygen atoms in total. The summed E-state index contributed by atoms with van der Waals surface area (Å²) in [6.07, 6.45) is 7.04. The van der Waals surface area contributed by atoms with Crippen molar-refractivity contribution in [2.75, 3.05) is 18.7 Å². The van der Waals surface area contributed by atoms with Crippen LogP contribution in [0.25, 0.3) is 11.2 Å². The molecular weight excluding hydrogens is 407 g/mol. The molecule has 2 rings (SSSR count). The largest absolute Gasteiger partial charge is 0.464 e. The number of fused-ring (bicyclic) bond motifs is 1. The van der Waals surface area contributed by atoms with Crippen molar-refractivity contribution in [3.8, 4) is 0 Å². The number of hydrogen-bond acceptors (Lipinski definition) is 9. The second-order valence-corrected chi connectivity index (χ2v) is 9.05. The lowest BCUT2D eigenvalue weighted by molar-refractivity contribution is -0.149. The summed E-state index contributed by atoms with van der Waals surface area (Å²) < 4.78 is 12.9. The van der Waals surface area contributed by atoms with E-state index in [1.165, 1.54) is 6.33 Å². The Hall–Kier alpha value is -1.87. The standard InChI is InChI=1S/C19H33N6O4P/c1-5-6-7-8-9-28-18(26)19(3,4)24-30(27)13-29-14(2)10-25-12-23-15-16(20)21-11-22-17(15)25/h11-12,14,24,27H,5-10,13H2,1-4H3,(H2,20,21,22)/t14-,30?/m1/s1. The lowest BCUT2D eigenvalue weighted by atomic mass is 10.1. The molecule has 0 saturated carbocycles. The number of carbonyl (C=O) groups excluding carboxylic acids is 1. The van der Waals surface area contributed by atoms with Gasteiger partial charge in [0.2, 0.25) is 0 Å². The van der Waals surface area contributed by atoms with Gasteiger partial charge in [0.05, 0.1) is 25.6 Å². The summed E-state index contributed by atoms with van der Waals surface area (Å²) in [6, 6.07) is 0. The van der Waals surface area contributed by atoms with Crippen molar-refractivity contribution in [3.05, 3.63) is 12.7 Å². The van der Waals surface area contributed by atoms with Crippen molar-refractivity contribution < 1.29 is 19.2 Å². The molecule has 0 radical (unpaired) electrons. The number of unbranched alkanes of at least 4 members (excludes halogenated alkanes) is 3. The highest BCUT2D eigenvalue weighted by atomic mass is 31.2. The first-order valence-electron chi connectivity index (χ1n) is 10.2. The monoisotopic (exact) mass is 440 g/mol. The highest BCUT2D eigenvalue weighted by molar-refractivity contribution is 7.49. The van der Waals surface area contributed by atoms with Crippen LogP contribution >= 0.6 is 8.30 Å². The van der Waals surface area contributed by atoms with Crippen LogP contribution in [0, 0.1) is 0 Å². The Balaban J connectivity index is 1.76. The molecule has 1 unspecified atom stereocenters. The summed E-state index contributed by atoms with van der Waals surface area (Å²) in [6.45, 7) is 8.28. The molecule has 11 heteroatoms. The number of imidazole rings is 1. The van der Waals surface area contributed by atoms with Gasteiger partial charge in [-0.1, -0.05) is 26.2 Å². The maximum Gasteiger partial charge on any atom is 0.326 e. The van der Waals surface area contributed by atoms with E-state index in [2.05, 4.69) is 27.0 Å². The van der Waals surface area contributed by atoms with Gasteiger partial charge in [0.1, 0.15) is 32.0 Å². The second-order valence-electron chi connectivity index (χ2n) is 7.77. The minimum Gasteiger partial charge on any atom is -0.464 e. The Morgan fingerprint density at radius 3 is 2.83 bits per heavy atom. The van der Waals surface area contributed by atoms with Crippen molar-refractivity contribution in [2.24, 2.45) is 0 Å². The van der Waals surface area contributed by atoms with Gasteiger partial charge >= 0.3 is 5.97 Å². The Labute approximate surface area is 178 Å². The zero-order chi connectivity index (χ0) is 22.1. The Morgan fingerprint density at radius 1 is 1.33 bits per heavy atom. The number of hydrogen-bond donors (Lipinski definition) is 3. The van der Waals surface area contributed by atoms with Crippen molar-refractivity contribution in [3.63, 3.8) is 0 Å². The molecule has 168 valence electrons. The first kappa shape index (κ1) is 24.4. The fourth-order valence-electron chi connectivity index (χ4n) is 2.83. The molecule has 0 aliphatic carbocycles. The molecule has 0 amide bonds. The van der Waals surface area contributed by atoms with Crippen LogP contribution < -0.4 is 10.8 Å². The van der Waals surface area contributed by atoms with E-state index < -0.39 is 13.8 Å². The highest BCUT2D eigenvalue weighted by Gasteiger charge is 2.31. The molecule has 2 aromatic heterocycles. The smallest absolute Gasteiger partial charge is 0.326 e. The van der Waals surface area contributed by atoms with Crippen LogP contribution in [-0.2, 0) is 20.8 Å². The van der Waals surface area contributed by atoms with Gasteiger partial charge in [-0.25, -0.2) is 15.0 Å². The van der Waals surface area contributed by atoms with E-state index in [4.69, 9.17) is 15.2 Å². The third-order valence-electron chi connectivity index (χ3n) is 4.51. The van der Waals surface area contributed by atoms with Crippen molar-refractivity contribution >= 4 is 31.3 Å². The van der Waals surface area contributed by atoms with Crippen molar-refractivity contribution in [1.29, 1.82) is 0 Å². The predicted molar refractivity (Wildman–Crippen MR) is 117 cm³/mol. The van der Waals surface area contributed by atoms with E-state index >= 15 is 0 Å². The molecule has 2 aromatic rings. The lowest BCUT2D eigenvalue weighted by Gasteiger charge is -2.27. The summed E-state index contributed by atoms with van der Waals surface area (Å²) >= 11 is 0. The van der Waals surface area contributed by atoms with Crippen LogP contribution in [0.2, 0.25) is 0 Å². The van der Waals surface area contributed by atoms with Crippen LogP contribution in [0.15, 0.2) is 12.7 Å². The number of anilines is 1. The number of ether oxygens (including phenoxy) is 2. The Morgan fingerprint density at radius 2 is 2.10 bits per heavy atom. The SMILES string of the molecule is CCCCCCOC(=O)C(C)(C)NP(O)CO[C@H](C)Cn1cnc2c(N)ncnc21. The fourth-order valence-corrected chi connectivity index (χ4v) is 4.03. The first-order valence-corrected chi connectivity index (χ1v) is 11.7. The molecule has 2 heterocycles. The van der Waals surface area contributed by atoms with Gasteiger partial charge < -0.3 is 24.7 Å². The average Bonchev–Trinajstić information content (AvgIpc) is 3.10. The fraction of sp³-hybridized carbons (Fsp3) is 0.684. The van der Waals surface area contributed by atoms with Crippen LogP contribution in [0.3, 0.4) is 0 Å². The van der Waals surface area contributed by atoms with E-state index in [1.807, 2.05) is 11.5 Å². The van der Waals surface area contributed by atoms with Crippen LogP contribution in [0.5, 0.6) is 0 Å². The summed E-state index contributed by atoms with van der Waals surface area (Å²) in [4.78, 5) is 34.9. The first-order chi connectivity index (χ1) is 14.2. The quantitative estimate of drug-likeness (QED) is 0.244. The number of esters is 1. The number of carbonyl (C=O) groups is 1. The van der Waals surface area contributed by atoms with Gasteiger partial charge in [-0.2, -0.15) is 0 Å². The average molecular weight is 440 g/mol. The molecule has 0 aliphatic rings. The topological polar surface area (TPSA) is 137 Å². The van der Waals surface area contributed by atoms with Crippen LogP contribution in [0.4, 0.5) is 5.82 Å². The van der Waals surface area contributed by atoms with Crippen molar-refractivity contribution in [2.45, 2.75) is 71.6 Å². The molecule has 0 saturated heterocycles. The van der Waals surface area contributed by atoms with Gasteiger partial charge in [-0.05, 0) is 27.2 Å². The zero-order valence-electron chi connectivity index (χ0n) is 18.2. The van der Waals surface area contributed by atoms with Gasteiger partial charge in [-0.15, -0.1) is 0 Å². The number of nitrogens with two attached hydrogens (primary N) is 1. The maximum absolute atomic E-state index is 12.3. The third kappa shape index (κ3) is 7.12. The van der Waals surface area contributed by atoms with Gasteiger partial charge in [0, 0.05) is 0 Å². The molecule has 4 N–H and O–H groups in total. The molecular formula is C19H33N6O4P. The minimum absolute atomic E-state index is 0.0768. The summed E-state index contributed by atoms with van der Waals surface area (Å²) in [5.74, 6) is -0.0503. The van der Waals surface area contributed by atoms with Crippen molar-refractivity contribution in [1.82, 2.24) is 24.6 Å². The summed E-state index contributed by atoms with van der Waals surface area (Å²) in [7, 11) is -1.70. The number of nitrogen functional groups attached to an aromatic ring is 1. The van der Waals surface area contributed by atoms with Crippen LogP contribution in [-0.4, -0.2) is 55.0 Å². The lowest BCUT2D eigenvalue weighted by Crippen LogP contribution is -2.45. The van der Waals surface area contributed by atoms with Crippen LogP contribution in [0.1, 0.15) is 53.4 Å². The second kappa shape index (κ2) is 11.5.